The van der Waals surface area contributed by atoms with E-state index < -0.39 is 0 Å². The monoisotopic (exact) mass is 360 g/mol. The van der Waals surface area contributed by atoms with Gasteiger partial charge in [0.25, 0.3) is 5.91 Å². The number of ether oxygens (including phenoxy) is 1. The van der Waals surface area contributed by atoms with Crippen LogP contribution in [0.3, 0.4) is 0 Å². The van der Waals surface area contributed by atoms with E-state index in [1.54, 1.807) is 23.1 Å². The molecular formula is C18H24N4O4. The first kappa shape index (κ1) is 18.0. The van der Waals surface area contributed by atoms with E-state index in [1.165, 1.54) is 12.0 Å². The molecule has 0 bridgehead atoms. The van der Waals surface area contributed by atoms with Crippen molar-refractivity contribution < 1.29 is 19.1 Å². The number of hydrogen-bond donors (Lipinski definition) is 2. The lowest BCUT2D eigenvalue weighted by Gasteiger charge is -2.17. The van der Waals surface area contributed by atoms with E-state index in [-0.39, 0.29) is 30.6 Å². The van der Waals surface area contributed by atoms with Crippen molar-refractivity contribution in [1.82, 2.24) is 15.1 Å². The van der Waals surface area contributed by atoms with Crippen LogP contribution in [0.2, 0.25) is 0 Å². The highest BCUT2D eigenvalue weighted by Crippen LogP contribution is 2.30. The number of amides is 5. The lowest BCUT2D eigenvalue weighted by molar-refractivity contribution is -0.128. The Hall–Kier alpha value is -2.77. The largest absolute Gasteiger partial charge is 0.495 e. The van der Waals surface area contributed by atoms with E-state index in [1.807, 2.05) is 6.92 Å². The van der Waals surface area contributed by atoms with Crippen molar-refractivity contribution in [2.45, 2.75) is 38.8 Å². The zero-order chi connectivity index (χ0) is 18.7. The number of imide groups is 1. The number of methoxy groups -OCH3 is 1. The summed E-state index contributed by atoms with van der Waals surface area (Å²) < 4.78 is 5.28. The molecule has 1 aromatic carbocycles. The van der Waals surface area contributed by atoms with Crippen LogP contribution in [0, 0.1) is 0 Å². The fourth-order valence-corrected chi connectivity index (χ4v) is 3.37. The highest BCUT2D eigenvalue weighted by atomic mass is 16.5. The molecule has 5 amide bonds. The Morgan fingerprint density at radius 3 is 2.85 bits per heavy atom. The van der Waals surface area contributed by atoms with Gasteiger partial charge in [-0.2, -0.15) is 0 Å². The average Bonchev–Trinajstić information content (AvgIpc) is 3.20. The van der Waals surface area contributed by atoms with Gasteiger partial charge in [-0.05, 0) is 37.0 Å². The van der Waals surface area contributed by atoms with Gasteiger partial charge in [0.1, 0.15) is 11.8 Å². The Morgan fingerprint density at radius 1 is 1.35 bits per heavy atom. The number of benzene rings is 1. The van der Waals surface area contributed by atoms with Crippen molar-refractivity contribution in [2.24, 2.45) is 0 Å². The molecule has 1 atom stereocenters. The van der Waals surface area contributed by atoms with Gasteiger partial charge in [0.15, 0.2) is 0 Å². The van der Waals surface area contributed by atoms with Crippen LogP contribution in [0.5, 0.6) is 5.75 Å². The molecular weight excluding hydrogens is 336 g/mol. The number of nitrogens with one attached hydrogen (secondary N) is 2. The highest BCUT2D eigenvalue weighted by molar-refractivity contribution is 6.04. The van der Waals surface area contributed by atoms with Gasteiger partial charge < -0.3 is 20.3 Å². The molecule has 26 heavy (non-hydrogen) atoms. The maximum Gasteiger partial charge on any atom is 0.327 e. The molecule has 2 aliphatic heterocycles. The first-order chi connectivity index (χ1) is 12.5. The zero-order valence-electron chi connectivity index (χ0n) is 15.1. The van der Waals surface area contributed by atoms with Crippen LogP contribution < -0.4 is 15.4 Å². The number of carbonyl (C=O) groups excluding carboxylic acids is 3. The molecule has 8 heteroatoms. The van der Waals surface area contributed by atoms with Gasteiger partial charge in [-0.3, -0.25) is 9.69 Å². The van der Waals surface area contributed by atoms with Crippen LogP contribution in [0.15, 0.2) is 18.2 Å². The quantitative estimate of drug-likeness (QED) is 0.761. The van der Waals surface area contributed by atoms with E-state index in [4.69, 9.17) is 4.74 Å². The Bertz CT molecular complexity index is 699. The van der Waals surface area contributed by atoms with Crippen LogP contribution >= 0.6 is 0 Å². The number of rotatable bonds is 6. The summed E-state index contributed by atoms with van der Waals surface area (Å²) in [4.78, 5) is 39.8. The molecule has 0 saturated carbocycles. The molecule has 2 fully saturated rings. The molecule has 0 radical (unpaired) electrons. The molecule has 8 nitrogen and oxygen atoms in total. The number of nitrogens with zero attached hydrogens (tertiary/aromatic N) is 2. The Balaban J connectivity index is 1.74. The van der Waals surface area contributed by atoms with E-state index in [0.717, 1.165) is 24.8 Å². The third-order valence-electron chi connectivity index (χ3n) is 4.67. The second-order valence-electron chi connectivity index (χ2n) is 6.47. The average molecular weight is 360 g/mol. The minimum atomic E-state index is -0.323. The molecule has 140 valence electrons. The van der Waals surface area contributed by atoms with Gasteiger partial charge >= 0.3 is 12.1 Å². The topological polar surface area (TPSA) is 91.0 Å². The van der Waals surface area contributed by atoms with Crippen LogP contribution in [-0.2, 0) is 11.3 Å². The molecule has 0 aromatic heterocycles. The highest BCUT2D eigenvalue weighted by Gasteiger charge is 2.47. The summed E-state index contributed by atoms with van der Waals surface area (Å²) in [7, 11) is 1.52. The van der Waals surface area contributed by atoms with Crippen molar-refractivity contribution in [3.05, 3.63) is 23.8 Å². The van der Waals surface area contributed by atoms with E-state index in [2.05, 4.69) is 10.6 Å². The summed E-state index contributed by atoms with van der Waals surface area (Å²) in [5.74, 6) is 0.374. The zero-order valence-corrected chi connectivity index (χ0v) is 15.1. The molecule has 0 spiro atoms. The number of fused-ring (bicyclic) bond motifs is 1. The van der Waals surface area contributed by atoms with Gasteiger partial charge in [0.2, 0.25) is 0 Å². The maximum atomic E-state index is 12.5. The molecule has 1 aromatic rings. The fourth-order valence-electron chi connectivity index (χ4n) is 3.37. The second-order valence-corrected chi connectivity index (χ2v) is 6.47. The maximum absolute atomic E-state index is 12.5. The fraction of sp³-hybridized carbons (Fsp3) is 0.500. The minimum Gasteiger partial charge on any atom is -0.495 e. The SMILES string of the molecule is CCCNC(=O)Nc1cc(CN2C(=O)C3CCCN3C2=O)ccc1OC. The normalized spacial score (nSPS) is 18.9. The number of carbonyl (C=O) groups is 3. The lowest BCUT2D eigenvalue weighted by Crippen LogP contribution is -2.32. The second kappa shape index (κ2) is 7.63. The summed E-state index contributed by atoms with van der Waals surface area (Å²) in [6, 6.07) is 4.38. The van der Waals surface area contributed by atoms with Crippen LogP contribution in [0.25, 0.3) is 0 Å². The summed E-state index contributed by atoms with van der Waals surface area (Å²) in [5.41, 5.74) is 1.25. The molecule has 2 aliphatic rings. The predicted octanol–water partition coefficient (Wildman–Crippen LogP) is 2.15. The minimum absolute atomic E-state index is 0.140. The Kier molecular flexibility index (Phi) is 5.29. The predicted molar refractivity (Wildman–Crippen MR) is 96.0 cm³/mol. The number of urea groups is 2. The molecule has 2 N–H and O–H groups in total. The molecule has 1 unspecified atom stereocenters. The number of anilines is 1. The third-order valence-corrected chi connectivity index (χ3v) is 4.67. The number of hydrogen-bond acceptors (Lipinski definition) is 4. The van der Waals surface area contributed by atoms with Gasteiger partial charge in [-0.25, -0.2) is 9.59 Å². The standard InChI is InChI=1S/C18H24N4O4/c1-3-8-19-17(24)20-13-10-12(6-7-15(13)26-2)11-22-16(23)14-5-4-9-21(14)18(22)25/h6-7,10,14H,3-5,8-9,11H2,1-2H3,(H2,19,20,24). The Labute approximate surface area is 152 Å². The van der Waals surface area contributed by atoms with Crippen molar-refractivity contribution in [3.63, 3.8) is 0 Å². The molecule has 3 rings (SSSR count). The van der Waals surface area contributed by atoms with Crippen molar-refractivity contribution in [2.75, 3.05) is 25.5 Å². The van der Waals surface area contributed by atoms with E-state index in [9.17, 15) is 14.4 Å². The van der Waals surface area contributed by atoms with Gasteiger partial charge in [0.05, 0.1) is 19.3 Å². The summed E-state index contributed by atoms with van der Waals surface area (Å²) in [6.07, 6.45) is 2.44. The smallest absolute Gasteiger partial charge is 0.327 e. The van der Waals surface area contributed by atoms with Gasteiger partial charge in [0, 0.05) is 13.1 Å². The molecule has 2 saturated heterocycles. The summed E-state index contributed by atoms with van der Waals surface area (Å²) in [6.45, 7) is 3.36. The van der Waals surface area contributed by atoms with Crippen LogP contribution in [-0.4, -0.2) is 54.0 Å². The first-order valence-electron chi connectivity index (χ1n) is 8.89. The van der Waals surface area contributed by atoms with Crippen LogP contribution in [0.1, 0.15) is 31.7 Å². The van der Waals surface area contributed by atoms with Crippen molar-refractivity contribution in [3.8, 4) is 5.75 Å². The first-order valence-corrected chi connectivity index (χ1v) is 8.89. The van der Waals surface area contributed by atoms with Crippen LogP contribution in [0.4, 0.5) is 15.3 Å². The third kappa shape index (κ3) is 3.44. The van der Waals surface area contributed by atoms with Gasteiger partial charge in [-0.15, -0.1) is 0 Å². The van der Waals surface area contributed by atoms with E-state index >= 15 is 0 Å². The lowest BCUT2D eigenvalue weighted by atomic mass is 10.1. The van der Waals surface area contributed by atoms with Gasteiger partial charge in [-0.1, -0.05) is 13.0 Å². The van der Waals surface area contributed by atoms with E-state index in [0.29, 0.717) is 24.5 Å². The summed E-state index contributed by atoms with van der Waals surface area (Å²) >= 11 is 0. The van der Waals surface area contributed by atoms with Crippen molar-refractivity contribution >= 4 is 23.7 Å². The Morgan fingerprint density at radius 2 is 2.15 bits per heavy atom. The molecule has 0 aliphatic carbocycles. The van der Waals surface area contributed by atoms with Crippen molar-refractivity contribution in [1.29, 1.82) is 0 Å². The summed E-state index contributed by atoms with van der Waals surface area (Å²) in [5, 5.41) is 5.48. The molecule has 2 heterocycles.